The summed E-state index contributed by atoms with van der Waals surface area (Å²) in [5.74, 6) is -0.809. The Morgan fingerprint density at radius 2 is 2.06 bits per heavy atom. The summed E-state index contributed by atoms with van der Waals surface area (Å²) in [6.07, 6.45) is 0.589. The monoisotopic (exact) mass is 474 g/mol. The number of hydrogen-bond donors (Lipinski definition) is 1. The fourth-order valence-corrected chi connectivity index (χ4v) is 5.84. The molecular weight excluding hydrogens is 455 g/mol. The highest BCUT2D eigenvalue weighted by molar-refractivity contribution is 7.10. The average Bonchev–Trinajstić information content (AvgIpc) is 3.37. The number of halogens is 2. The molecule has 3 aromatic heterocycles. The van der Waals surface area contributed by atoms with Gasteiger partial charge in [-0.3, -0.25) is 13.9 Å². The number of aliphatic hydroxyl groups excluding tert-OH is 1. The summed E-state index contributed by atoms with van der Waals surface area (Å²) >= 11 is 7.51. The number of aromatic nitrogens is 4. The maximum Gasteiger partial charge on any atom is 0.331 e. The molecule has 0 fully saturated rings. The van der Waals surface area contributed by atoms with Gasteiger partial charge in [0, 0.05) is 44.1 Å². The van der Waals surface area contributed by atoms with Crippen LogP contribution in [0.15, 0.2) is 39.2 Å². The van der Waals surface area contributed by atoms with Crippen LogP contribution in [-0.2, 0) is 20.6 Å². The fraction of sp³-hybridized carbons (Fsp3) is 0.318. The van der Waals surface area contributed by atoms with Gasteiger partial charge in [0.25, 0.3) is 5.56 Å². The van der Waals surface area contributed by atoms with Gasteiger partial charge in [-0.25, -0.2) is 14.2 Å². The van der Waals surface area contributed by atoms with E-state index in [1.54, 1.807) is 24.6 Å². The lowest BCUT2D eigenvalue weighted by Crippen LogP contribution is -2.37. The first-order valence-electron chi connectivity index (χ1n) is 10.1. The Morgan fingerprint density at radius 3 is 2.72 bits per heavy atom. The van der Waals surface area contributed by atoms with Crippen molar-refractivity contribution in [1.82, 2.24) is 18.7 Å². The third-order valence-corrected chi connectivity index (χ3v) is 7.47. The van der Waals surface area contributed by atoms with E-state index in [2.05, 4.69) is 4.98 Å². The molecule has 10 heteroatoms. The second-order valence-corrected chi connectivity index (χ2v) is 9.41. The van der Waals surface area contributed by atoms with Crippen molar-refractivity contribution in [3.63, 3.8) is 0 Å². The quantitative estimate of drug-likeness (QED) is 0.494. The molecule has 0 saturated carbocycles. The van der Waals surface area contributed by atoms with Crippen molar-refractivity contribution in [1.29, 1.82) is 0 Å². The van der Waals surface area contributed by atoms with Crippen LogP contribution in [0.5, 0.6) is 0 Å². The van der Waals surface area contributed by atoms with Crippen molar-refractivity contribution >= 4 is 33.8 Å². The van der Waals surface area contributed by atoms with Crippen LogP contribution < -0.4 is 11.2 Å². The van der Waals surface area contributed by atoms with Crippen LogP contribution in [0.3, 0.4) is 0 Å². The Kier molecular flexibility index (Phi) is 5.07. The zero-order chi connectivity index (χ0) is 22.7. The standard InChI is InChI=1S/C22H20ClFN4O3S/c1-26-19-16(21(30)27(2)22(26)31)17(12-4-3-5-13(24)7-12)28-8-11(9-29)6-14(18(19)28)20-25-15(23)10-32-20/h3-5,7,10-11,14,29H,6,8-9H2,1-2H3/t11-,14+/m0/s1. The predicted octanol–water partition coefficient (Wildman–Crippen LogP) is 3.10. The number of fused-ring (bicyclic) bond motifs is 3. The van der Waals surface area contributed by atoms with Crippen molar-refractivity contribution in [3.05, 3.63) is 72.2 Å². The van der Waals surface area contributed by atoms with E-state index in [9.17, 15) is 19.1 Å². The van der Waals surface area contributed by atoms with Gasteiger partial charge in [-0.1, -0.05) is 23.7 Å². The van der Waals surface area contributed by atoms with E-state index < -0.39 is 17.1 Å². The first-order chi connectivity index (χ1) is 15.3. The Bertz CT molecular complexity index is 1490. The zero-order valence-corrected chi connectivity index (χ0v) is 19.0. The first kappa shape index (κ1) is 21.1. The number of nitrogens with zero attached hydrogens (tertiary/aromatic N) is 4. The summed E-state index contributed by atoms with van der Waals surface area (Å²) in [6, 6.07) is 6.06. The van der Waals surface area contributed by atoms with Crippen molar-refractivity contribution in [3.8, 4) is 11.3 Å². The highest BCUT2D eigenvalue weighted by Gasteiger charge is 2.37. The lowest BCUT2D eigenvalue weighted by Gasteiger charge is -2.31. The second-order valence-electron chi connectivity index (χ2n) is 8.13. The minimum absolute atomic E-state index is 0.0525. The van der Waals surface area contributed by atoms with Gasteiger partial charge in [-0.15, -0.1) is 11.3 Å². The van der Waals surface area contributed by atoms with E-state index >= 15 is 0 Å². The molecule has 0 spiro atoms. The fourth-order valence-electron chi connectivity index (χ4n) is 4.77. The summed E-state index contributed by atoms with van der Waals surface area (Å²) in [5.41, 5.74) is 1.45. The Morgan fingerprint density at radius 1 is 1.28 bits per heavy atom. The van der Waals surface area contributed by atoms with Crippen LogP contribution >= 0.6 is 22.9 Å². The molecule has 0 radical (unpaired) electrons. The molecule has 0 amide bonds. The number of hydrogen-bond acceptors (Lipinski definition) is 5. The van der Waals surface area contributed by atoms with Crippen LogP contribution in [0.25, 0.3) is 22.2 Å². The molecule has 2 atom stereocenters. The molecule has 4 heterocycles. The largest absolute Gasteiger partial charge is 0.396 e. The zero-order valence-electron chi connectivity index (χ0n) is 17.4. The topological polar surface area (TPSA) is 82.0 Å². The van der Waals surface area contributed by atoms with Gasteiger partial charge in [0.1, 0.15) is 16.0 Å². The van der Waals surface area contributed by atoms with Crippen LogP contribution in [0.1, 0.15) is 23.0 Å². The van der Waals surface area contributed by atoms with Crippen molar-refractivity contribution in [2.24, 2.45) is 20.0 Å². The average molecular weight is 475 g/mol. The number of benzene rings is 1. The normalized spacial score (nSPS) is 18.3. The van der Waals surface area contributed by atoms with Gasteiger partial charge in [0.15, 0.2) is 0 Å². The summed E-state index contributed by atoms with van der Waals surface area (Å²) in [4.78, 5) is 30.7. The SMILES string of the molecule is Cn1c(=O)c2c(-c3cccc(F)c3)n3c(c2n(C)c1=O)[C@H](c1nc(Cl)cs1)C[C@H](CO)C3. The van der Waals surface area contributed by atoms with E-state index in [-0.39, 0.29) is 18.4 Å². The van der Waals surface area contributed by atoms with Crippen LogP contribution in [0.4, 0.5) is 4.39 Å². The molecule has 1 aliphatic heterocycles. The highest BCUT2D eigenvalue weighted by atomic mass is 35.5. The number of thiazole rings is 1. The van der Waals surface area contributed by atoms with Gasteiger partial charge in [0.2, 0.25) is 0 Å². The van der Waals surface area contributed by atoms with E-state index in [4.69, 9.17) is 11.6 Å². The lowest BCUT2D eigenvalue weighted by molar-refractivity contribution is 0.186. The Labute approximate surface area is 191 Å². The summed E-state index contributed by atoms with van der Waals surface area (Å²) in [5, 5.41) is 13.2. The molecule has 7 nitrogen and oxygen atoms in total. The Balaban J connectivity index is 1.97. The molecule has 166 valence electrons. The third kappa shape index (κ3) is 3.07. The highest BCUT2D eigenvalue weighted by Crippen LogP contribution is 2.45. The molecule has 32 heavy (non-hydrogen) atoms. The van der Waals surface area contributed by atoms with Crippen molar-refractivity contribution < 1.29 is 9.50 Å². The molecule has 5 rings (SSSR count). The predicted molar refractivity (Wildman–Crippen MR) is 122 cm³/mol. The maximum absolute atomic E-state index is 14.2. The second kappa shape index (κ2) is 7.68. The number of aryl methyl sites for hydroxylation is 1. The first-order valence-corrected chi connectivity index (χ1v) is 11.4. The van der Waals surface area contributed by atoms with Crippen LogP contribution in [0, 0.1) is 11.7 Å². The van der Waals surface area contributed by atoms with Gasteiger partial charge in [-0.2, -0.15) is 0 Å². The molecule has 1 aromatic carbocycles. The molecule has 1 N–H and O–H groups in total. The molecule has 0 aliphatic carbocycles. The minimum atomic E-state index is -0.444. The Hall–Kier alpha value is -2.75. The van der Waals surface area contributed by atoms with E-state index in [1.165, 1.54) is 35.1 Å². The van der Waals surface area contributed by atoms with E-state index in [0.717, 1.165) is 15.3 Å². The summed E-state index contributed by atoms with van der Waals surface area (Å²) in [6.45, 7) is 0.377. The van der Waals surface area contributed by atoms with Gasteiger partial charge >= 0.3 is 5.69 Å². The number of aliphatic hydroxyl groups is 1. The molecule has 4 aromatic rings. The summed E-state index contributed by atoms with van der Waals surface area (Å²) < 4.78 is 18.7. The lowest BCUT2D eigenvalue weighted by atomic mass is 9.88. The molecule has 0 saturated heterocycles. The molecular formula is C22H20ClFN4O3S. The smallest absolute Gasteiger partial charge is 0.331 e. The van der Waals surface area contributed by atoms with E-state index in [1.807, 2.05) is 4.57 Å². The van der Waals surface area contributed by atoms with Crippen LogP contribution in [0.2, 0.25) is 5.15 Å². The minimum Gasteiger partial charge on any atom is -0.396 e. The molecule has 1 aliphatic rings. The van der Waals surface area contributed by atoms with Gasteiger partial charge in [-0.05, 0) is 18.6 Å². The molecule has 0 bridgehead atoms. The van der Waals surface area contributed by atoms with E-state index in [0.29, 0.717) is 40.3 Å². The van der Waals surface area contributed by atoms with Gasteiger partial charge < -0.3 is 9.67 Å². The molecule has 0 unspecified atom stereocenters. The number of rotatable bonds is 3. The van der Waals surface area contributed by atoms with Crippen molar-refractivity contribution in [2.45, 2.75) is 18.9 Å². The maximum atomic E-state index is 14.2. The van der Waals surface area contributed by atoms with Crippen molar-refractivity contribution in [2.75, 3.05) is 6.61 Å². The third-order valence-electron chi connectivity index (χ3n) is 6.19. The summed E-state index contributed by atoms with van der Waals surface area (Å²) in [7, 11) is 3.06. The van der Waals surface area contributed by atoms with Crippen LogP contribution in [-0.4, -0.2) is 30.4 Å². The van der Waals surface area contributed by atoms with Gasteiger partial charge in [0.05, 0.1) is 28.2 Å².